The molecule has 0 aliphatic heterocycles. The van der Waals surface area contributed by atoms with Gasteiger partial charge in [0.1, 0.15) is 11.6 Å². The smallest absolute Gasteiger partial charge is 0.374 e. The maximum absolute atomic E-state index is 13.6. The minimum absolute atomic E-state index is 0. The highest BCUT2D eigenvalue weighted by Crippen LogP contribution is 2.40. The molecule has 0 bridgehead atoms. The predicted octanol–water partition coefficient (Wildman–Crippen LogP) is 3.42. The highest BCUT2D eigenvalue weighted by atomic mass is 127. The van der Waals surface area contributed by atoms with Crippen molar-refractivity contribution in [3.05, 3.63) is 53.4 Å². The van der Waals surface area contributed by atoms with Crippen LogP contribution in [0.4, 0.5) is 17.6 Å². The number of guanidine groups is 1. The Morgan fingerprint density at radius 2 is 1.97 bits per heavy atom. The van der Waals surface area contributed by atoms with Gasteiger partial charge in [-0.25, -0.2) is 9.37 Å². The van der Waals surface area contributed by atoms with Crippen LogP contribution in [0.25, 0.3) is 0 Å². The molecule has 1 aromatic heterocycles. The number of nitrogens with zero attached hydrogens (tertiary/aromatic N) is 3. The third-order valence-electron chi connectivity index (χ3n) is 4.74. The molecule has 0 spiro atoms. The normalized spacial score (nSPS) is 14.0. The van der Waals surface area contributed by atoms with Crippen molar-refractivity contribution in [2.24, 2.45) is 12.0 Å². The number of hydrogen-bond acceptors (Lipinski definition) is 3. The van der Waals surface area contributed by atoms with E-state index in [1.165, 1.54) is 31.6 Å². The van der Waals surface area contributed by atoms with E-state index in [1.807, 2.05) is 13.8 Å². The lowest BCUT2D eigenvalue weighted by Gasteiger charge is -2.29. The minimum Gasteiger partial charge on any atom is -0.374 e. The predicted molar refractivity (Wildman–Crippen MR) is 122 cm³/mol. The number of rotatable bonds is 8. The first-order valence-electron chi connectivity index (χ1n) is 9.62. The number of nitrogens with one attached hydrogen (secondary N) is 2. The van der Waals surface area contributed by atoms with Gasteiger partial charge in [0.15, 0.2) is 5.96 Å². The molecular formula is C20H28F4IN5O. The molecule has 3 N–H and O–H groups in total. The number of alkyl halides is 3. The number of aliphatic imine (C=N–C) groups is 1. The van der Waals surface area contributed by atoms with E-state index < -0.39 is 24.0 Å². The van der Waals surface area contributed by atoms with Gasteiger partial charge >= 0.3 is 6.18 Å². The van der Waals surface area contributed by atoms with E-state index in [4.69, 9.17) is 0 Å². The van der Waals surface area contributed by atoms with E-state index in [0.29, 0.717) is 25.5 Å². The molecule has 0 saturated carbocycles. The summed E-state index contributed by atoms with van der Waals surface area (Å²) in [5.41, 5.74) is -1.32. The van der Waals surface area contributed by atoms with Crippen molar-refractivity contribution in [1.82, 2.24) is 20.2 Å². The lowest BCUT2D eigenvalue weighted by atomic mass is 9.98. The van der Waals surface area contributed by atoms with Crippen molar-refractivity contribution in [2.75, 3.05) is 19.6 Å². The molecule has 0 aliphatic rings. The van der Waals surface area contributed by atoms with Crippen molar-refractivity contribution < 1.29 is 22.7 Å². The Morgan fingerprint density at radius 1 is 1.26 bits per heavy atom. The summed E-state index contributed by atoms with van der Waals surface area (Å²) in [6, 6.07) is 4.54. The molecule has 0 fully saturated rings. The molecule has 2 rings (SSSR count). The summed E-state index contributed by atoms with van der Waals surface area (Å²) in [6.07, 6.45) is -2.42. The second-order valence-electron chi connectivity index (χ2n) is 6.98. The highest BCUT2D eigenvalue weighted by Gasteiger charge is 2.57. The third-order valence-corrected chi connectivity index (χ3v) is 4.74. The van der Waals surface area contributed by atoms with Crippen LogP contribution in [-0.2, 0) is 19.1 Å². The van der Waals surface area contributed by atoms with Crippen LogP contribution >= 0.6 is 24.0 Å². The molecule has 11 heteroatoms. The lowest BCUT2D eigenvalue weighted by molar-refractivity contribution is -0.272. The van der Waals surface area contributed by atoms with E-state index in [0.717, 1.165) is 15.7 Å². The lowest BCUT2D eigenvalue weighted by Crippen LogP contribution is -2.45. The molecule has 1 aromatic carbocycles. The SMILES string of the molecule is CCNC(=NCCC(O)(c1nccn1C)C(F)(F)F)NCCc1ccc(F)cc1C.I. The van der Waals surface area contributed by atoms with Crippen LogP contribution in [0.3, 0.4) is 0 Å². The quantitative estimate of drug-likeness (QED) is 0.201. The van der Waals surface area contributed by atoms with Crippen LogP contribution in [0.1, 0.15) is 30.3 Å². The monoisotopic (exact) mass is 557 g/mol. The van der Waals surface area contributed by atoms with Crippen molar-refractivity contribution in [2.45, 2.75) is 38.5 Å². The van der Waals surface area contributed by atoms with Gasteiger partial charge in [0.05, 0.1) is 0 Å². The van der Waals surface area contributed by atoms with Gasteiger partial charge in [0, 0.05) is 45.5 Å². The summed E-state index contributed by atoms with van der Waals surface area (Å²) in [4.78, 5) is 7.83. The fourth-order valence-corrected chi connectivity index (χ4v) is 3.07. The maximum atomic E-state index is 13.6. The molecule has 0 aliphatic carbocycles. The minimum atomic E-state index is -4.90. The number of aryl methyl sites for hydroxylation is 2. The highest BCUT2D eigenvalue weighted by molar-refractivity contribution is 14.0. The molecule has 0 saturated heterocycles. The topological polar surface area (TPSA) is 74.5 Å². The number of aromatic nitrogens is 2. The second kappa shape index (κ2) is 11.7. The molecule has 1 heterocycles. The maximum Gasteiger partial charge on any atom is 0.424 e. The molecule has 31 heavy (non-hydrogen) atoms. The standard InChI is InChI=1S/C20H27F4N5O.HI/c1-4-25-18(27-9-7-15-5-6-16(21)13-14(15)2)28-10-8-19(30,20(22,23)24)17-26-11-12-29(17)3;/h5-6,11-13,30H,4,7-10H2,1-3H3,(H2,25,27,28);1H. The van der Waals surface area contributed by atoms with Gasteiger partial charge in [0.2, 0.25) is 5.60 Å². The van der Waals surface area contributed by atoms with E-state index in [2.05, 4.69) is 20.6 Å². The third kappa shape index (κ3) is 7.06. The molecular weight excluding hydrogens is 529 g/mol. The fourth-order valence-electron chi connectivity index (χ4n) is 3.07. The van der Waals surface area contributed by atoms with Gasteiger partial charge in [-0.1, -0.05) is 6.07 Å². The summed E-state index contributed by atoms with van der Waals surface area (Å²) < 4.78 is 55.0. The zero-order chi connectivity index (χ0) is 22.4. The summed E-state index contributed by atoms with van der Waals surface area (Å²) in [6.45, 7) is 4.36. The zero-order valence-corrected chi connectivity index (χ0v) is 20.0. The average molecular weight is 557 g/mol. The van der Waals surface area contributed by atoms with Crippen LogP contribution in [0, 0.1) is 12.7 Å². The summed E-state index contributed by atoms with van der Waals surface area (Å²) in [5, 5.41) is 16.4. The van der Waals surface area contributed by atoms with E-state index in [1.54, 1.807) is 6.07 Å². The van der Waals surface area contributed by atoms with Crippen LogP contribution < -0.4 is 10.6 Å². The van der Waals surface area contributed by atoms with Gasteiger partial charge in [0.25, 0.3) is 0 Å². The molecule has 6 nitrogen and oxygen atoms in total. The summed E-state index contributed by atoms with van der Waals surface area (Å²) in [5.74, 6) is -0.444. The van der Waals surface area contributed by atoms with Crippen molar-refractivity contribution in [3.8, 4) is 0 Å². The fraction of sp³-hybridized carbons (Fsp3) is 0.500. The first kappa shape index (κ1) is 27.1. The Balaban J connectivity index is 0.00000480. The zero-order valence-electron chi connectivity index (χ0n) is 17.6. The number of aliphatic hydroxyl groups is 1. The molecule has 1 unspecified atom stereocenters. The van der Waals surface area contributed by atoms with Gasteiger partial charge < -0.3 is 20.3 Å². The van der Waals surface area contributed by atoms with Gasteiger partial charge in [-0.15, -0.1) is 24.0 Å². The van der Waals surface area contributed by atoms with E-state index >= 15 is 0 Å². The van der Waals surface area contributed by atoms with Crippen molar-refractivity contribution in [1.29, 1.82) is 0 Å². The van der Waals surface area contributed by atoms with E-state index in [-0.39, 0.29) is 36.3 Å². The molecule has 0 amide bonds. The second-order valence-corrected chi connectivity index (χ2v) is 6.98. The van der Waals surface area contributed by atoms with Gasteiger partial charge in [-0.05, 0) is 43.5 Å². The largest absolute Gasteiger partial charge is 0.424 e. The van der Waals surface area contributed by atoms with E-state index in [9.17, 15) is 22.7 Å². The van der Waals surface area contributed by atoms with Crippen LogP contribution in [0.5, 0.6) is 0 Å². The molecule has 0 radical (unpaired) electrons. The summed E-state index contributed by atoms with van der Waals surface area (Å²) in [7, 11) is 1.39. The Morgan fingerprint density at radius 3 is 2.52 bits per heavy atom. The first-order chi connectivity index (χ1) is 14.1. The Hall–Kier alpha value is -1.89. The van der Waals surface area contributed by atoms with Crippen LogP contribution in [-0.4, -0.2) is 46.4 Å². The van der Waals surface area contributed by atoms with Gasteiger partial charge in [-0.2, -0.15) is 13.2 Å². The van der Waals surface area contributed by atoms with Crippen molar-refractivity contribution in [3.63, 3.8) is 0 Å². The van der Waals surface area contributed by atoms with Gasteiger partial charge in [-0.3, -0.25) is 4.99 Å². The molecule has 174 valence electrons. The number of benzene rings is 1. The Kier molecular flexibility index (Phi) is 10.2. The molecule has 1 atom stereocenters. The van der Waals surface area contributed by atoms with Crippen molar-refractivity contribution >= 4 is 29.9 Å². The average Bonchev–Trinajstić information content (AvgIpc) is 3.09. The summed E-state index contributed by atoms with van der Waals surface area (Å²) >= 11 is 0. The number of imidazole rings is 1. The number of halogens is 5. The first-order valence-corrected chi connectivity index (χ1v) is 9.62. The Labute approximate surface area is 196 Å². The number of hydrogen-bond donors (Lipinski definition) is 3. The molecule has 2 aromatic rings. The van der Waals surface area contributed by atoms with Crippen LogP contribution in [0.2, 0.25) is 0 Å². The van der Waals surface area contributed by atoms with Crippen LogP contribution in [0.15, 0.2) is 35.6 Å². The Bertz CT molecular complexity index is 871.